The van der Waals surface area contributed by atoms with E-state index in [4.69, 9.17) is 5.84 Å². The summed E-state index contributed by atoms with van der Waals surface area (Å²) in [6.45, 7) is 2.00. The second-order valence-corrected chi connectivity index (χ2v) is 4.56. The Labute approximate surface area is 122 Å². The van der Waals surface area contributed by atoms with Crippen LogP contribution in [-0.4, -0.2) is 15.0 Å². The van der Waals surface area contributed by atoms with E-state index in [1.165, 1.54) is 0 Å². The summed E-state index contributed by atoms with van der Waals surface area (Å²) < 4.78 is 0. The van der Waals surface area contributed by atoms with Crippen molar-refractivity contribution in [1.82, 2.24) is 15.0 Å². The number of hydrazine groups is 1. The van der Waals surface area contributed by atoms with Crippen LogP contribution in [0.25, 0.3) is 10.9 Å². The normalized spacial score (nSPS) is 10.6. The van der Waals surface area contributed by atoms with E-state index in [9.17, 15) is 0 Å². The lowest BCUT2D eigenvalue weighted by Crippen LogP contribution is -2.11. The number of aromatic nitrogens is 3. The number of rotatable bonds is 4. The number of nitrogens with two attached hydrogens (primary N) is 1. The quantitative estimate of drug-likeness (QED) is 0.503. The number of fused-ring (bicyclic) bond motifs is 1. The zero-order valence-electron chi connectivity index (χ0n) is 11.7. The van der Waals surface area contributed by atoms with Gasteiger partial charge < -0.3 is 10.7 Å². The highest BCUT2D eigenvalue weighted by Crippen LogP contribution is 2.24. The van der Waals surface area contributed by atoms with Crippen molar-refractivity contribution in [2.75, 3.05) is 10.7 Å². The number of nitrogens with zero attached hydrogens (tertiary/aromatic N) is 3. The van der Waals surface area contributed by atoms with Crippen molar-refractivity contribution >= 4 is 28.2 Å². The molecule has 0 spiro atoms. The molecule has 0 saturated carbocycles. The molecule has 0 unspecified atom stereocenters. The Morgan fingerprint density at radius 3 is 2.71 bits per heavy atom. The predicted molar refractivity (Wildman–Crippen MR) is 84.2 cm³/mol. The molecular formula is C15H16N6. The van der Waals surface area contributed by atoms with E-state index in [0.29, 0.717) is 11.6 Å². The van der Waals surface area contributed by atoms with Gasteiger partial charge in [-0.3, -0.25) is 4.98 Å². The molecule has 3 aromatic rings. The molecule has 0 saturated heterocycles. The number of anilines is 3. The van der Waals surface area contributed by atoms with Gasteiger partial charge in [0.25, 0.3) is 0 Å². The van der Waals surface area contributed by atoms with Gasteiger partial charge in [-0.1, -0.05) is 25.1 Å². The van der Waals surface area contributed by atoms with Crippen molar-refractivity contribution in [1.29, 1.82) is 0 Å². The number of benzene rings is 1. The first-order chi connectivity index (χ1) is 10.3. The molecule has 106 valence electrons. The Kier molecular flexibility index (Phi) is 3.61. The molecule has 4 N–H and O–H groups in total. The van der Waals surface area contributed by atoms with Gasteiger partial charge in [0.05, 0.1) is 11.2 Å². The number of para-hydroxylation sites is 1. The Hall–Kier alpha value is -2.73. The minimum atomic E-state index is 0.581. The monoisotopic (exact) mass is 280 g/mol. The molecule has 0 aliphatic rings. The van der Waals surface area contributed by atoms with Crippen LogP contribution in [0.3, 0.4) is 0 Å². The number of nitrogen functional groups attached to an aromatic ring is 1. The smallest absolute Gasteiger partial charge is 0.145 e. The van der Waals surface area contributed by atoms with E-state index in [2.05, 4.69) is 25.7 Å². The summed E-state index contributed by atoms with van der Waals surface area (Å²) in [6.07, 6.45) is 2.51. The van der Waals surface area contributed by atoms with Crippen LogP contribution >= 0.6 is 0 Å². The molecule has 3 rings (SSSR count). The van der Waals surface area contributed by atoms with Crippen molar-refractivity contribution in [3.63, 3.8) is 0 Å². The maximum atomic E-state index is 5.45. The molecule has 0 radical (unpaired) electrons. The fourth-order valence-electron chi connectivity index (χ4n) is 2.14. The third-order valence-corrected chi connectivity index (χ3v) is 3.13. The summed E-state index contributed by atoms with van der Waals surface area (Å²) in [4.78, 5) is 13.1. The van der Waals surface area contributed by atoms with E-state index < -0.39 is 0 Å². The average molecular weight is 280 g/mol. The van der Waals surface area contributed by atoms with E-state index in [1.54, 1.807) is 12.3 Å². The summed E-state index contributed by atoms with van der Waals surface area (Å²) in [7, 11) is 0. The topological polar surface area (TPSA) is 88.8 Å². The average Bonchev–Trinajstić information content (AvgIpc) is 2.55. The number of aryl methyl sites for hydroxylation is 1. The number of hydrogen-bond donors (Lipinski definition) is 3. The summed E-state index contributed by atoms with van der Waals surface area (Å²) in [6, 6.07) is 11.7. The van der Waals surface area contributed by atoms with Crippen molar-refractivity contribution in [2.45, 2.75) is 13.3 Å². The van der Waals surface area contributed by atoms with Crippen LogP contribution in [0.2, 0.25) is 0 Å². The van der Waals surface area contributed by atoms with Gasteiger partial charge in [-0.25, -0.2) is 15.8 Å². The first-order valence-electron chi connectivity index (χ1n) is 6.75. The van der Waals surface area contributed by atoms with Crippen LogP contribution in [0.1, 0.15) is 12.7 Å². The fraction of sp³-hybridized carbons (Fsp3) is 0.133. The third kappa shape index (κ3) is 2.75. The standard InChI is InChI=1S/C15H16N6/c1-2-12-19-13(9-14(20-12)21-16)18-11-7-3-5-10-6-4-8-17-15(10)11/h3-9H,2,16H2,1H3,(H2,18,19,20,21). The van der Waals surface area contributed by atoms with Crippen LogP contribution < -0.4 is 16.6 Å². The SMILES string of the molecule is CCc1nc(NN)cc(Nc2cccc3cccnc23)n1. The molecule has 0 atom stereocenters. The predicted octanol–water partition coefficient (Wildman–Crippen LogP) is 2.62. The van der Waals surface area contributed by atoms with E-state index >= 15 is 0 Å². The van der Waals surface area contributed by atoms with Gasteiger partial charge in [-0.15, -0.1) is 0 Å². The highest BCUT2D eigenvalue weighted by molar-refractivity contribution is 5.91. The van der Waals surface area contributed by atoms with Crippen LogP contribution in [-0.2, 0) is 6.42 Å². The van der Waals surface area contributed by atoms with Gasteiger partial charge in [0, 0.05) is 24.1 Å². The maximum absolute atomic E-state index is 5.45. The molecule has 0 amide bonds. The highest BCUT2D eigenvalue weighted by Gasteiger charge is 2.06. The van der Waals surface area contributed by atoms with Gasteiger partial charge >= 0.3 is 0 Å². The molecule has 1 aromatic carbocycles. The van der Waals surface area contributed by atoms with Crippen LogP contribution in [0.5, 0.6) is 0 Å². The molecule has 0 fully saturated rings. The largest absolute Gasteiger partial charge is 0.338 e. The van der Waals surface area contributed by atoms with E-state index in [1.807, 2.05) is 37.3 Å². The van der Waals surface area contributed by atoms with Gasteiger partial charge in [0.2, 0.25) is 0 Å². The van der Waals surface area contributed by atoms with Gasteiger partial charge in [-0.05, 0) is 12.1 Å². The molecule has 2 aromatic heterocycles. The summed E-state index contributed by atoms with van der Waals surface area (Å²) in [5, 5.41) is 4.36. The Morgan fingerprint density at radius 1 is 1.10 bits per heavy atom. The molecule has 0 bridgehead atoms. The lowest BCUT2D eigenvalue weighted by atomic mass is 10.2. The van der Waals surface area contributed by atoms with Crippen LogP contribution in [0.15, 0.2) is 42.6 Å². The zero-order valence-corrected chi connectivity index (χ0v) is 11.7. The molecule has 2 heterocycles. The second-order valence-electron chi connectivity index (χ2n) is 4.56. The Morgan fingerprint density at radius 2 is 1.90 bits per heavy atom. The summed E-state index contributed by atoms with van der Waals surface area (Å²) in [5.74, 6) is 7.44. The molecule has 0 aliphatic heterocycles. The molecule has 6 nitrogen and oxygen atoms in total. The minimum Gasteiger partial charge on any atom is -0.338 e. The Bertz CT molecular complexity index is 743. The van der Waals surface area contributed by atoms with Gasteiger partial charge in [0.15, 0.2) is 0 Å². The third-order valence-electron chi connectivity index (χ3n) is 3.13. The first kappa shape index (κ1) is 13.3. The van der Waals surface area contributed by atoms with Crippen molar-refractivity contribution in [3.8, 4) is 0 Å². The molecule has 6 heteroatoms. The number of nitrogens with one attached hydrogen (secondary N) is 2. The van der Waals surface area contributed by atoms with Gasteiger partial charge in [0.1, 0.15) is 17.5 Å². The van der Waals surface area contributed by atoms with Crippen molar-refractivity contribution in [3.05, 3.63) is 48.4 Å². The maximum Gasteiger partial charge on any atom is 0.145 e. The first-order valence-corrected chi connectivity index (χ1v) is 6.75. The second kappa shape index (κ2) is 5.72. The summed E-state index contributed by atoms with van der Waals surface area (Å²) >= 11 is 0. The van der Waals surface area contributed by atoms with Crippen LogP contribution in [0, 0.1) is 0 Å². The number of pyridine rings is 1. The van der Waals surface area contributed by atoms with E-state index in [0.717, 1.165) is 28.8 Å². The zero-order chi connectivity index (χ0) is 14.7. The lowest BCUT2D eigenvalue weighted by Gasteiger charge is -2.10. The molecular weight excluding hydrogens is 264 g/mol. The fourth-order valence-corrected chi connectivity index (χ4v) is 2.14. The van der Waals surface area contributed by atoms with Gasteiger partial charge in [-0.2, -0.15) is 0 Å². The summed E-state index contributed by atoms with van der Waals surface area (Å²) in [5.41, 5.74) is 4.36. The lowest BCUT2D eigenvalue weighted by molar-refractivity contribution is 0.941. The van der Waals surface area contributed by atoms with Crippen molar-refractivity contribution < 1.29 is 0 Å². The molecule has 0 aliphatic carbocycles. The van der Waals surface area contributed by atoms with Crippen molar-refractivity contribution in [2.24, 2.45) is 5.84 Å². The highest BCUT2D eigenvalue weighted by atomic mass is 15.3. The van der Waals surface area contributed by atoms with E-state index in [-0.39, 0.29) is 0 Å². The Balaban J connectivity index is 2.02. The molecule has 21 heavy (non-hydrogen) atoms. The minimum absolute atomic E-state index is 0.581. The van der Waals surface area contributed by atoms with Crippen LogP contribution in [0.4, 0.5) is 17.3 Å². The number of hydrogen-bond acceptors (Lipinski definition) is 6.